The van der Waals surface area contributed by atoms with Gasteiger partial charge < -0.3 is 10.6 Å². The van der Waals surface area contributed by atoms with Gasteiger partial charge in [0, 0.05) is 24.8 Å². The Bertz CT molecular complexity index is 439. The summed E-state index contributed by atoms with van der Waals surface area (Å²) in [5.41, 5.74) is 9.84. The van der Waals surface area contributed by atoms with E-state index in [1.54, 1.807) is 0 Å². The molecule has 104 valence electrons. The number of hydrogen-bond acceptors (Lipinski definition) is 2. The van der Waals surface area contributed by atoms with Gasteiger partial charge in [0.1, 0.15) is 0 Å². The van der Waals surface area contributed by atoms with E-state index in [0.717, 1.165) is 12.0 Å². The Labute approximate surface area is 117 Å². The van der Waals surface area contributed by atoms with E-state index in [4.69, 9.17) is 5.73 Å². The van der Waals surface area contributed by atoms with Crippen LogP contribution in [0.2, 0.25) is 0 Å². The summed E-state index contributed by atoms with van der Waals surface area (Å²) in [6.45, 7) is 4.12. The van der Waals surface area contributed by atoms with Crippen molar-refractivity contribution in [1.29, 1.82) is 0 Å². The lowest BCUT2D eigenvalue weighted by molar-refractivity contribution is 0.243. The lowest BCUT2D eigenvalue weighted by atomic mass is 9.78. The van der Waals surface area contributed by atoms with Crippen molar-refractivity contribution in [3.05, 3.63) is 29.3 Å². The highest BCUT2D eigenvalue weighted by Gasteiger charge is 2.33. The van der Waals surface area contributed by atoms with Crippen molar-refractivity contribution in [2.45, 2.75) is 58.0 Å². The zero-order chi connectivity index (χ0) is 13.2. The van der Waals surface area contributed by atoms with Crippen molar-refractivity contribution in [2.75, 3.05) is 11.4 Å². The van der Waals surface area contributed by atoms with Gasteiger partial charge in [-0.15, -0.1) is 0 Å². The topological polar surface area (TPSA) is 29.3 Å². The summed E-state index contributed by atoms with van der Waals surface area (Å²) >= 11 is 0. The summed E-state index contributed by atoms with van der Waals surface area (Å²) in [6, 6.07) is 7.57. The highest BCUT2D eigenvalue weighted by Crippen LogP contribution is 2.38. The van der Waals surface area contributed by atoms with E-state index in [2.05, 4.69) is 30.0 Å². The third-order valence-corrected chi connectivity index (χ3v) is 5.05. The Morgan fingerprint density at radius 1 is 1.16 bits per heavy atom. The molecule has 0 amide bonds. The number of nitrogens with two attached hydrogens (primary N) is 1. The zero-order valence-electron chi connectivity index (χ0n) is 12.1. The second-order valence-electron chi connectivity index (χ2n) is 6.27. The summed E-state index contributed by atoms with van der Waals surface area (Å²) in [5.74, 6) is 0.941. The first kappa shape index (κ1) is 13.0. The van der Waals surface area contributed by atoms with Crippen molar-refractivity contribution >= 4 is 5.69 Å². The number of benzene rings is 1. The van der Waals surface area contributed by atoms with Gasteiger partial charge in [0.2, 0.25) is 0 Å². The molecule has 2 atom stereocenters. The second kappa shape index (κ2) is 5.54. The smallest absolute Gasteiger partial charge is 0.0398 e. The zero-order valence-corrected chi connectivity index (χ0v) is 12.1. The predicted octanol–water partition coefficient (Wildman–Crippen LogP) is 3.61. The van der Waals surface area contributed by atoms with Gasteiger partial charge in [0.15, 0.2) is 0 Å². The fourth-order valence-electron chi connectivity index (χ4n) is 4.09. The van der Waals surface area contributed by atoms with Gasteiger partial charge in [-0.3, -0.25) is 0 Å². The molecule has 2 unspecified atom stereocenters. The molecule has 0 spiro atoms. The molecule has 2 fully saturated rings. The molecule has 1 aromatic carbocycles. The Balaban J connectivity index is 1.87. The molecule has 0 aromatic heterocycles. The monoisotopic (exact) mass is 258 g/mol. The molecule has 2 aliphatic rings. The minimum absolute atomic E-state index is 0.646. The molecular weight excluding hydrogens is 232 g/mol. The van der Waals surface area contributed by atoms with Crippen LogP contribution in [-0.4, -0.2) is 12.6 Å². The van der Waals surface area contributed by atoms with Crippen LogP contribution in [0.3, 0.4) is 0 Å². The van der Waals surface area contributed by atoms with Crippen molar-refractivity contribution in [3.8, 4) is 0 Å². The van der Waals surface area contributed by atoms with Gasteiger partial charge in [-0.1, -0.05) is 25.0 Å². The van der Waals surface area contributed by atoms with E-state index < -0.39 is 0 Å². The first-order valence-electron chi connectivity index (χ1n) is 7.86. The fourth-order valence-corrected chi connectivity index (χ4v) is 4.09. The van der Waals surface area contributed by atoms with Crippen LogP contribution in [0.15, 0.2) is 18.2 Å². The Hall–Kier alpha value is -1.02. The summed E-state index contributed by atoms with van der Waals surface area (Å²) in [6.07, 6.45) is 8.50. The van der Waals surface area contributed by atoms with Crippen molar-refractivity contribution in [1.82, 2.24) is 0 Å². The third-order valence-electron chi connectivity index (χ3n) is 5.05. The Morgan fingerprint density at radius 2 is 1.95 bits per heavy atom. The van der Waals surface area contributed by atoms with E-state index >= 15 is 0 Å². The SMILES string of the molecule is Cc1cc(CN)ccc1N1CCCC2CCCCC21. The van der Waals surface area contributed by atoms with E-state index in [9.17, 15) is 0 Å². The summed E-state index contributed by atoms with van der Waals surface area (Å²) in [4.78, 5) is 2.70. The van der Waals surface area contributed by atoms with Gasteiger partial charge in [-0.05, 0) is 55.7 Å². The van der Waals surface area contributed by atoms with Crippen molar-refractivity contribution in [2.24, 2.45) is 11.7 Å². The van der Waals surface area contributed by atoms with E-state index in [0.29, 0.717) is 6.54 Å². The van der Waals surface area contributed by atoms with Gasteiger partial charge in [-0.25, -0.2) is 0 Å². The molecule has 19 heavy (non-hydrogen) atoms. The number of hydrogen-bond donors (Lipinski definition) is 1. The van der Waals surface area contributed by atoms with Crippen LogP contribution in [0.25, 0.3) is 0 Å². The minimum Gasteiger partial charge on any atom is -0.368 e. The van der Waals surface area contributed by atoms with E-state index in [1.807, 2.05) is 0 Å². The largest absolute Gasteiger partial charge is 0.368 e. The normalized spacial score (nSPS) is 27.2. The second-order valence-corrected chi connectivity index (χ2v) is 6.27. The van der Waals surface area contributed by atoms with Crippen LogP contribution in [0, 0.1) is 12.8 Å². The van der Waals surface area contributed by atoms with Gasteiger partial charge in [0.05, 0.1) is 0 Å². The van der Waals surface area contributed by atoms with Crippen molar-refractivity contribution < 1.29 is 0 Å². The summed E-state index contributed by atoms with van der Waals surface area (Å²) < 4.78 is 0. The summed E-state index contributed by atoms with van der Waals surface area (Å²) in [5, 5.41) is 0. The maximum absolute atomic E-state index is 5.74. The number of nitrogens with zero attached hydrogens (tertiary/aromatic N) is 1. The summed E-state index contributed by atoms with van der Waals surface area (Å²) in [7, 11) is 0. The van der Waals surface area contributed by atoms with Crippen LogP contribution >= 0.6 is 0 Å². The molecule has 2 nitrogen and oxygen atoms in total. The Morgan fingerprint density at radius 3 is 2.74 bits per heavy atom. The van der Waals surface area contributed by atoms with E-state index in [1.165, 1.54) is 61.9 Å². The van der Waals surface area contributed by atoms with Crippen LogP contribution in [0.1, 0.15) is 49.7 Å². The molecule has 1 heterocycles. The maximum Gasteiger partial charge on any atom is 0.0398 e. The van der Waals surface area contributed by atoms with E-state index in [-0.39, 0.29) is 0 Å². The number of rotatable bonds is 2. The molecular formula is C17H26N2. The quantitative estimate of drug-likeness (QED) is 0.878. The molecule has 1 aromatic rings. The lowest BCUT2D eigenvalue weighted by Crippen LogP contribution is -2.47. The molecule has 3 rings (SSSR count). The first-order valence-corrected chi connectivity index (χ1v) is 7.86. The lowest BCUT2D eigenvalue weighted by Gasteiger charge is -2.46. The van der Waals surface area contributed by atoms with Crippen LogP contribution in [0.5, 0.6) is 0 Å². The average molecular weight is 258 g/mol. The molecule has 1 saturated heterocycles. The van der Waals surface area contributed by atoms with Crippen LogP contribution in [-0.2, 0) is 6.54 Å². The highest BCUT2D eigenvalue weighted by atomic mass is 15.2. The molecule has 0 radical (unpaired) electrons. The third kappa shape index (κ3) is 2.51. The van der Waals surface area contributed by atoms with Crippen LogP contribution < -0.4 is 10.6 Å². The molecule has 2 heteroatoms. The molecule has 1 saturated carbocycles. The van der Waals surface area contributed by atoms with Gasteiger partial charge in [-0.2, -0.15) is 0 Å². The molecule has 1 aliphatic heterocycles. The fraction of sp³-hybridized carbons (Fsp3) is 0.647. The minimum atomic E-state index is 0.646. The first-order chi connectivity index (χ1) is 9.29. The average Bonchev–Trinajstić information content (AvgIpc) is 2.46. The predicted molar refractivity (Wildman–Crippen MR) is 81.4 cm³/mol. The number of piperidine rings is 1. The standard InChI is InChI=1S/C17H26N2/c1-13-11-14(12-18)8-9-16(13)19-10-4-6-15-5-2-3-7-17(15)19/h8-9,11,15,17H,2-7,10,12,18H2,1H3. The highest BCUT2D eigenvalue weighted by molar-refractivity contribution is 5.55. The molecule has 1 aliphatic carbocycles. The van der Waals surface area contributed by atoms with Crippen molar-refractivity contribution in [3.63, 3.8) is 0 Å². The number of fused-ring (bicyclic) bond motifs is 1. The van der Waals surface area contributed by atoms with Crippen LogP contribution in [0.4, 0.5) is 5.69 Å². The number of anilines is 1. The Kier molecular flexibility index (Phi) is 3.79. The van der Waals surface area contributed by atoms with Gasteiger partial charge >= 0.3 is 0 Å². The maximum atomic E-state index is 5.74. The van der Waals surface area contributed by atoms with Gasteiger partial charge in [0.25, 0.3) is 0 Å². The molecule has 0 bridgehead atoms. The number of aryl methyl sites for hydroxylation is 1. The molecule has 2 N–H and O–H groups in total.